The number of carbonyl (C=O) groups is 1. The van der Waals surface area contributed by atoms with E-state index in [0.717, 1.165) is 28.9 Å². The van der Waals surface area contributed by atoms with Crippen LogP contribution >= 0.6 is 11.6 Å². The quantitative estimate of drug-likeness (QED) is 0.608. The average molecular weight is 378 g/mol. The Morgan fingerprint density at radius 2 is 1.70 bits per heavy atom. The number of nitrogens with zero attached hydrogens (tertiary/aromatic N) is 1. The number of hydrogen-bond acceptors (Lipinski definition) is 3. The van der Waals surface area contributed by atoms with Crippen molar-refractivity contribution in [2.45, 2.75) is 6.54 Å². The zero-order chi connectivity index (χ0) is 19.1. The van der Waals surface area contributed by atoms with E-state index in [2.05, 4.69) is 15.6 Å². The number of benzene rings is 2. The van der Waals surface area contributed by atoms with Gasteiger partial charge in [-0.3, -0.25) is 9.78 Å². The summed E-state index contributed by atoms with van der Waals surface area (Å²) in [6, 6.07) is 19.2. The number of pyridine rings is 1. The van der Waals surface area contributed by atoms with Gasteiger partial charge in [0.25, 0.3) is 0 Å². The number of amides is 1. The minimum Gasteiger partial charge on any atom is -0.323 e. The van der Waals surface area contributed by atoms with Crippen molar-refractivity contribution in [2.75, 3.05) is 12.4 Å². The molecule has 0 saturated carbocycles. The standard InChI is InChI=1S/C22H20ClN3O/c1-24-14-16-2-9-21(10-3-16)26-22(27)13-12-20-11-6-18(15-25-20)17-4-7-19(23)8-5-17/h2-13,15,24H,14H2,1H3,(H,26,27)/b13-12+. The lowest BCUT2D eigenvalue weighted by Gasteiger charge is -2.04. The van der Waals surface area contributed by atoms with Crippen LogP contribution in [0.5, 0.6) is 0 Å². The Balaban J connectivity index is 1.59. The van der Waals surface area contributed by atoms with Gasteiger partial charge in [0, 0.05) is 35.1 Å². The molecule has 0 aliphatic rings. The third-order valence-electron chi connectivity index (χ3n) is 3.97. The van der Waals surface area contributed by atoms with E-state index in [1.54, 1.807) is 12.3 Å². The molecule has 27 heavy (non-hydrogen) atoms. The Kier molecular flexibility index (Phi) is 6.36. The first-order valence-corrected chi connectivity index (χ1v) is 8.96. The molecule has 2 N–H and O–H groups in total. The number of anilines is 1. The maximum atomic E-state index is 12.1. The average Bonchev–Trinajstić information content (AvgIpc) is 2.69. The molecule has 1 aromatic heterocycles. The van der Waals surface area contributed by atoms with Crippen molar-refractivity contribution in [1.82, 2.24) is 10.3 Å². The third kappa shape index (κ3) is 5.51. The number of halogens is 1. The predicted molar refractivity (Wildman–Crippen MR) is 112 cm³/mol. The molecule has 4 nitrogen and oxygen atoms in total. The summed E-state index contributed by atoms with van der Waals surface area (Å²) in [5, 5.41) is 6.63. The van der Waals surface area contributed by atoms with Gasteiger partial charge in [-0.25, -0.2) is 0 Å². The molecule has 3 rings (SSSR count). The molecule has 0 saturated heterocycles. The van der Waals surface area contributed by atoms with Gasteiger partial charge in [-0.15, -0.1) is 0 Å². The van der Waals surface area contributed by atoms with Gasteiger partial charge in [0.05, 0.1) is 5.69 Å². The highest BCUT2D eigenvalue weighted by molar-refractivity contribution is 6.30. The second-order valence-electron chi connectivity index (χ2n) is 6.03. The van der Waals surface area contributed by atoms with Crippen LogP contribution in [0.3, 0.4) is 0 Å². The van der Waals surface area contributed by atoms with Gasteiger partial charge in [0.2, 0.25) is 5.91 Å². The Hall–Kier alpha value is -2.95. The fourth-order valence-corrected chi connectivity index (χ4v) is 2.70. The van der Waals surface area contributed by atoms with E-state index in [0.29, 0.717) is 10.7 Å². The summed E-state index contributed by atoms with van der Waals surface area (Å²) >= 11 is 5.91. The van der Waals surface area contributed by atoms with Gasteiger partial charge < -0.3 is 10.6 Å². The topological polar surface area (TPSA) is 54.0 Å². The van der Waals surface area contributed by atoms with Crippen LogP contribution in [0.15, 0.2) is 72.9 Å². The van der Waals surface area contributed by atoms with E-state index in [-0.39, 0.29) is 5.91 Å². The van der Waals surface area contributed by atoms with Gasteiger partial charge in [0.1, 0.15) is 0 Å². The fraction of sp³-hybridized carbons (Fsp3) is 0.0909. The maximum Gasteiger partial charge on any atom is 0.248 e. The Morgan fingerprint density at radius 1 is 1.00 bits per heavy atom. The molecule has 0 radical (unpaired) electrons. The van der Waals surface area contributed by atoms with Crippen molar-refractivity contribution in [3.05, 3.63) is 89.2 Å². The largest absolute Gasteiger partial charge is 0.323 e. The molecule has 0 unspecified atom stereocenters. The second-order valence-corrected chi connectivity index (χ2v) is 6.46. The number of hydrogen-bond donors (Lipinski definition) is 2. The lowest BCUT2D eigenvalue weighted by molar-refractivity contribution is -0.111. The number of nitrogens with one attached hydrogen (secondary N) is 2. The normalized spacial score (nSPS) is 10.9. The highest BCUT2D eigenvalue weighted by Gasteiger charge is 2.01. The van der Waals surface area contributed by atoms with Crippen LogP contribution in [-0.2, 0) is 11.3 Å². The van der Waals surface area contributed by atoms with Crippen LogP contribution in [0.1, 0.15) is 11.3 Å². The van der Waals surface area contributed by atoms with E-state index < -0.39 is 0 Å². The third-order valence-corrected chi connectivity index (χ3v) is 4.22. The summed E-state index contributed by atoms with van der Waals surface area (Å²) in [5.41, 5.74) is 4.68. The summed E-state index contributed by atoms with van der Waals surface area (Å²) in [5.74, 6) is -0.194. The minimum absolute atomic E-state index is 0.194. The van der Waals surface area contributed by atoms with Crippen molar-refractivity contribution in [2.24, 2.45) is 0 Å². The smallest absolute Gasteiger partial charge is 0.248 e. The Morgan fingerprint density at radius 3 is 2.33 bits per heavy atom. The number of rotatable bonds is 6. The highest BCUT2D eigenvalue weighted by Crippen LogP contribution is 2.21. The van der Waals surface area contributed by atoms with E-state index in [1.807, 2.05) is 67.7 Å². The van der Waals surface area contributed by atoms with E-state index in [4.69, 9.17) is 11.6 Å². The summed E-state index contributed by atoms with van der Waals surface area (Å²) in [6.45, 7) is 0.797. The molecule has 3 aromatic rings. The summed E-state index contributed by atoms with van der Waals surface area (Å²) in [6.07, 6.45) is 4.95. The Bertz CT molecular complexity index is 917. The van der Waals surface area contributed by atoms with Gasteiger partial charge in [0.15, 0.2) is 0 Å². The molecule has 0 atom stereocenters. The number of aromatic nitrogens is 1. The van der Waals surface area contributed by atoms with Gasteiger partial charge >= 0.3 is 0 Å². The highest BCUT2D eigenvalue weighted by atomic mass is 35.5. The molecule has 2 aromatic carbocycles. The minimum atomic E-state index is -0.194. The first-order valence-electron chi connectivity index (χ1n) is 8.58. The molecule has 5 heteroatoms. The molecule has 1 heterocycles. The van der Waals surface area contributed by atoms with Crippen molar-refractivity contribution >= 4 is 29.3 Å². The van der Waals surface area contributed by atoms with Crippen LogP contribution in [0.2, 0.25) is 5.02 Å². The molecule has 0 aliphatic heterocycles. The predicted octanol–water partition coefficient (Wildman–Crippen LogP) is 4.77. The van der Waals surface area contributed by atoms with Crippen molar-refractivity contribution in [3.63, 3.8) is 0 Å². The molecule has 0 bridgehead atoms. The van der Waals surface area contributed by atoms with E-state index in [9.17, 15) is 4.79 Å². The lowest BCUT2D eigenvalue weighted by atomic mass is 10.1. The van der Waals surface area contributed by atoms with Crippen LogP contribution in [0, 0.1) is 0 Å². The molecular formula is C22H20ClN3O. The monoisotopic (exact) mass is 377 g/mol. The first-order chi connectivity index (χ1) is 13.1. The molecular weight excluding hydrogens is 358 g/mol. The summed E-state index contributed by atoms with van der Waals surface area (Å²) < 4.78 is 0. The van der Waals surface area contributed by atoms with Crippen molar-refractivity contribution in [3.8, 4) is 11.1 Å². The molecule has 136 valence electrons. The zero-order valence-corrected chi connectivity index (χ0v) is 15.7. The van der Waals surface area contributed by atoms with Gasteiger partial charge in [-0.05, 0) is 54.6 Å². The SMILES string of the molecule is CNCc1ccc(NC(=O)/C=C/c2ccc(-c3ccc(Cl)cc3)cn2)cc1. The summed E-state index contributed by atoms with van der Waals surface area (Å²) in [4.78, 5) is 16.4. The molecule has 0 fully saturated rings. The van der Waals surface area contributed by atoms with Gasteiger partial charge in [-0.2, -0.15) is 0 Å². The summed E-state index contributed by atoms with van der Waals surface area (Å²) in [7, 11) is 1.90. The number of carbonyl (C=O) groups excluding carboxylic acids is 1. The Labute approximate surface area is 163 Å². The molecule has 1 amide bonds. The van der Waals surface area contributed by atoms with E-state index in [1.165, 1.54) is 6.08 Å². The lowest BCUT2D eigenvalue weighted by Crippen LogP contribution is -2.08. The van der Waals surface area contributed by atoms with E-state index >= 15 is 0 Å². The van der Waals surface area contributed by atoms with Crippen molar-refractivity contribution < 1.29 is 4.79 Å². The van der Waals surface area contributed by atoms with Crippen LogP contribution in [0.4, 0.5) is 5.69 Å². The zero-order valence-electron chi connectivity index (χ0n) is 14.9. The fourth-order valence-electron chi connectivity index (χ4n) is 2.57. The first kappa shape index (κ1) is 18.8. The van der Waals surface area contributed by atoms with Crippen molar-refractivity contribution in [1.29, 1.82) is 0 Å². The van der Waals surface area contributed by atoms with Crippen LogP contribution < -0.4 is 10.6 Å². The molecule has 0 aliphatic carbocycles. The second kappa shape index (κ2) is 9.12. The van der Waals surface area contributed by atoms with Crippen LogP contribution in [-0.4, -0.2) is 17.9 Å². The maximum absolute atomic E-state index is 12.1. The van der Waals surface area contributed by atoms with Gasteiger partial charge in [-0.1, -0.05) is 41.9 Å². The van der Waals surface area contributed by atoms with Crippen LogP contribution in [0.25, 0.3) is 17.2 Å². The molecule has 0 spiro atoms.